The van der Waals surface area contributed by atoms with Crippen LogP contribution < -0.4 is 4.74 Å². The monoisotopic (exact) mass is 354 g/mol. The molecule has 0 aliphatic rings. The minimum absolute atomic E-state index is 0.0422. The Morgan fingerprint density at radius 1 is 1.15 bits per heavy atom. The molecule has 0 fully saturated rings. The van der Waals surface area contributed by atoms with Gasteiger partial charge in [0.15, 0.2) is 0 Å². The van der Waals surface area contributed by atoms with Crippen LogP contribution in [-0.4, -0.2) is 5.11 Å². The quantitative estimate of drug-likeness (QED) is 0.854. The van der Waals surface area contributed by atoms with Gasteiger partial charge in [-0.25, -0.2) is 0 Å². The summed E-state index contributed by atoms with van der Waals surface area (Å²) < 4.78 is 6.84. The van der Waals surface area contributed by atoms with Crippen LogP contribution in [0.3, 0.4) is 0 Å². The largest absolute Gasteiger partial charge is 0.488 e. The van der Waals surface area contributed by atoms with Crippen LogP contribution in [0.2, 0.25) is 5.02 Å². The predicted molar refractivity (Wildman–Crippen MR) is 85.3 cm³/mol. The van der Waals surface area contributed by atoms with E-state index in [0.29, 0.717) is 11.6 Å². The highest BCUT2D eigenvalue weighted by molar-refractivity contribution is 9.10. The van der Waals surface area contributed by atoms with Crippen molar-refractivity contribution >= 4 is 27.5 Å². The minimum atomic E-state index is 0.0422. The van der Waals surface area contributed by atoms with Crippen molar-refractivity contribution < 1.29 is 9.84 Å². The number of hydrogen-bond donors (Lipinski definition) is 1. The van der Waals surface area contributed by atoms with E-state index in [1.807, 2.05) is 44.2 Å². The lowest BCUT2D eigenvalue weighted by atomic mass is 10.1. The summed E-state index contributed by atoms with van der Waals surface area (Å²) in [4.78, 5) is 0. The lowest BCUT2D eigenvalue weighted by Gasteiger charge is -2.14. The number of aliphatic hydroxyl groups excluding tert-OH is 1. The molecule has 4 heteroatoms. The van der Waals surface area contributed by atoms with Crippen LogP contribution in [0.4, 0.5) is 0 Å². The average molecular weight is 356 g/mol. The Kier molecular flexibility index (Phi) is 5.08. The molecule has 2 nitrogen and oxygen atoms in total. The van der Waals surface area contributed by atoms with Crippen molar-refractivity contribution in [1.82, 2.24) is 0 Å². The van der Waals surface area contributed by atoms with E-state index < -0.39 is 0 Å². The Hall–Kier alpha value is -1.03. The highest BCUT2D eigenvalue weighted by atomic mass is 79.9. The molecule has 0 atom stereocenters. The number of hydrogen-bond acceptors (Lipinski definition) is 2. The van der Waals surface area contributed by atoms with Gasteiger partial charge in [0, 0.05) is 15.1 Å². The third-order valence-corrected chi connectivity index (χ3v) is 3.93. The second kappa shape index (κ2) is 6.61. The molecule has 2 rings (SSSR count). The number of halogens is 2. The van der Waals surface area contributed by atoms with Crippen LogP contribution in [0.5, 0.6) is 5.75 Å². The van der Waals surface area contributed by atoms with Gasteiger partial charge >= 0.3 is 0 Å². The van der Waals surface area contributed by atoms with Crippen molar-refractivity contribution in [2.75, 3.05) is 0 Å². The zero-order chi connectivity index (χ0) is 14.7. The first kappa shape index (κ1) is 15.4. The van der Waals surface area contributed by atoms with E-state index in [1.165, 1.54) is 0 Å². The molecular formula is C16H16BrClO2. The van der Waals surface area contributed by atoms with E-state index in [-0.39, 0.29) is 6.61 Å². The van der Waals surface area contributed by atoms with E-state index in [0.717, 1.165) is 32.5 Å². The summed E-state index contributed by atoms with van der Waals surface area (Å²) in [7, 11) is 0. The summed E-state index contributed by atoms with van der Waals surface area (Å²) in [6, 6.07) is 9.62. The van der Waals surface area contributed by atoms with Gasteiger partial charge in [-0.15, -0.1) is 0 Å². The van der Waals surface area contributed by atoms with Crippen molar-refractivity contribution in [1.29, 1.82) is 0 Å². The maximum atomic E-state index is 9.18. The summed E-state index contributed by atoms with van der Waals surface area (Å²) in [5.74, 6) is 0.848. The molecule has 0 heterocycles. The molecule has 0 spiro atoms. The van der Waals surface area contributed by atoms with Crippen molar-refractivity contribution in [2.24, 2.45) is 0 Å². The van der Waals surface area contributed by atoms with Gasteiger partial charge in [0.25, 0.3) is 0 Å². The normalized spacial score (nSPS) is 10.7. The van der Waals surface area contributed by atoms with Crippen molar-refractivity contribution in [2.45, 2.75) is 27.1 Å². The Labute approximate surface area is 132 Å². The van der Waals surface area contributed by atoms with Crippen LogP contribution >= 0.6 is 27.5 Å². The number of rotatable bonds is 4. The highest BCUT2D eigenvalue weighted by Gasteiger charge is 2.08. The predicted octanol–water partition coefficient (Wildman–Crippen LogP) is 4.79. The highest BCUT2D eigenvalue weighted by Crippen LogP contribution is 2.28. The van der Waals surface area contributed by atoms with Gasteiger partial charge in [-0.05, 0) is 42.7 Å². The van der Waals surface area contributed by atoms with E-state index in [9.17, 15) is 5.11 Å². The molecule has 2 aromatic rings. The zero-order valence-electron chi connectivity index (χ0n) is 11.4. The van der Waals surface area contributed by atoms with E-state index in [1.54, 1.807) is 0 Å². The molecule has 20 heavy (non-hydrogen) atoms. The second-order valence-electron chi connectivity index (χ2n) is 4.74. The lowest BCUT2D eigenvalue weighted by Crippen LogP contribution is -2.01. The fourth-order valence-electron chi connectivity index (χ4n) is 2.15. The summed E-state index contributed by atoms with van der Waals surface area (Å²) in [5, 5.41) is 9.87. The fraction of sp³-hybridized carbons (Fsp3) is 0.250. The summed E-state index contributed by atoms with van der Waals surface area (Å²) in [5.41, 5.74) is 3.87. The summed E-state index contributed by atoms with van der Waals surface area (Å²) in [6.45, 7) is 4.42. The molecule has 0 aliphatic heterocycles. The molecule has 106 valence electrons. The molecule has 2 aromatic carbocycles. The average Bonchev–Trinajstić information content (AvgIpc) is 2.39. The number of ether oxygens (including phenoxy) is 1. The van der Waals surface area contributed by atoms with E-state index >= 15 is 0 Å². The molecule has 0 bridgehead atoms. The molecule has 0 aromatic heterocycles. The first-order valence-corrected chi connectivity index (χ1v) is 7.46. The Bertz CT molecular complexity index is 603. The standard InChI is InChI=1S/C16H16BrClO2/c1-10-5-12(8-19)6-11(2)16(10)20-9-13-3-4-14(17)7-15(13)18/h3-7,19H,8-9H2,1-2H3. The lowest BCUT2D eigenvalue weighted by molar-refractivity contribution is 0.280. The summed E-state index contributed by atoms with van der Waals surface area (Å²) >= 11 is 9.56. The SMILES string of the molecule is Cc1cc(CO)cc(C)c1OCc1ccc(Br)cc1Cl. The van der Waals surface area contributed by atoms with Gasteiger partial charge in [-0.3, -0.25) is 0 Å². The molecule has 0 saturated carbocycles. The van der Waals surface area contributed by atoms with Crippen LogP contribution in [0.1, 0.15) is 22.3 Å². The van der Waals surface area contributed by atoms with Gasteiger partial charge in [0.2, 0.25) is 0 Å². The molecule has 0 unspecified atom stereocenters. The third-order valence-electron chi connectivity index (χ3n) is 3.09. The number of benzene rings is 2. The maximum absolute atomic E-state index is 9.18. The smallest absolute Gasteiger partial charge is 0.125 e. The van der Waals surface area contributed by atoms with Crippen molar-refractivity contribution in [3.8, 4) is 5.75 Å². The van der Waals surface area contributed by atoms with Crippen molar-refractivity contribution in [3.05, 3.63) is 62.1 Å². The molecule has 0 aliphatic carbocycles. The summed E-state index contributed by atoms with van der Waals surface area (Å²) in [6.07, 6.45) is 0. The van der Waals surface area contributed by atoms with Crippen LogP contribution in [-0.2, 0) is 13.2 Å². The number of aliphatic hydroxyl groups is 1. The van der Waals surface area contributed by atoms with Gasteiger partial charge in [-0.1, -0.05) is 45.7 Å². The van der Waals surface area contributed by atoms with E-state index in [2.05, 4.69) is 15.9 Å². The third kappa shape index (κ3) is 3.54. The molecular weight excluding hydrogens is 340 g/mol. The van der Waals surface area contributed by atoms with Crippen LogP contribution in [0.25, 0.3) is 0 Å². The topological polar surface area (TPSA) is 29.5 Å². The first-order valence-electron chi connectivity index (χ1n) is 6.29. The number of aryl methyl sites for hydroxylation is 2. The molecule has 0 amide bonds. The van der Waals surface area contributed by atoms with E-state index in [4.69, 9.17) is 16.3 Å². The van der Waals surface area contributed by atoms with Gasteiger partial charge in [0.1, 0.15) is 12.4 Å². The Morgan fingerprint density at radius 3 is 2.35 bits per heavy atom. The fourth-order valence-corrected chi connectivity index (χ4v) is 2.88. The Balaban J connectivity index is 2.19. The molecule has 1 N–H and O–H groups in total. The molecule has 0 saturated heterocycles. The van der Waals surface area contributed by atoms with Crippen molar-refractivity contribution in [3.63, 3.8) is 0 Å². The maximum Gasteiger partial charge on any atom is 0.125 e. The van der Waals surface area contributed by atoms with Crippen LogP contribution in [0.15, 0.2) is 34.8 Å². The van der Waals surface area contributed by atoms with Crippen LogP contribution in [0, 0.1) is 13.8 Å². The minimum Gasteiger partial charge on any atom is -0.488 e. The van der Waals surface area contributed by atoms with Gasteiger partial charge in [0.05, 0.1) is 6.61 Å². The molecule has 0 radical (unpaired) electrons. The Morgan fingerprint density at radius 2 is 1.80 bits per heavy atom. The van der Waals surface area contributed by atoms with Gasteiger partial charge in [-0.2, -0.15) is 0 Å². The van der Waals surface area contributed by atoms with Gasteiger partial charge < -0.3 is 9.84 Å². The second-order valence-corrected chi connectivity index (χ2v) is 6.06. The first-order chi connectivity index (χ1) is 9.51. The zero-order valence-corrected chi connectivity index (χ0v) is 13.8.